The lowest BCUT2D eigenvalue weighted by molar-refractivity contribution is 0.222. The van der Waals surface area contributed by atoms with Crippen molar-refractivity contribution < 1.29 is 9.53 Å². The Morgan fingerprint density at radius 1 is 1.43 bits per heavy atom. The number of urea groups is 1. The lowest BCUT2D eigenvalue weighted by Gasteiger charge is -2.19. The first kappa shape index (κ1) is 16.9. The maximum Gasteiger partial charge on any atom is 0.321 e. The molecule has 0 fully saturated rings. The van der Waals surface area contributed by atoms with Crippen LogP contribution in [-0.2, 0) is 13.5 Å². The van der Waals surface area contributed by atoms with Crippen LogP contribution in [-0.4, -0.2) is 41.4 Å². The predicted octanol–water partition coefficient (Wildman–Crippen LogP) is 2.83. The number of hydrogen-bond acceptors (Lipinski definition) is 3. The van der Waals surface area contributed by atoms with Crippen molar-refractivity contribution in [3.8, 4) is 5.75 Å². The number of carbonyl (C=O) groups is 1. The summed E-state index contributed by atoms with van der Waals surface area (Å²) in [6.07, 6.45) is 5.67. The van der Waals surface area contributed by atoms with E-state index in [1.807, 2.05) is 44.6 Å². The molecule has 124 valence electrons. The Morgan fingerprint density at radius 2 is 2.22 bits per heavy atom. The number of nitrogens with one attached hydrogen (secondary N) is 1. The topological polar surface area (TPSA) is 59.4 Å². The highest BCUT2D eigenvalue weighted by atomic mass is 16.5. The second-order valence-corrected chi connectivity index (χ2v) is 5.66. The van der Waals surface area contributed by atoms with Gasteiger partial charge in [0, 0.05) is 32.5 Å². The van der Waals surface area contributed by atoms with Gasteiger partial charge in [0.05, 0.1) is 13.3 Å². The number of nitrogens with zero attached hydrogens (tertiary/aromatic N) is 3. The maximum absolute atomic E-state index is 12.2. The molecule has 0 atom stereocenters. The molecule has 0 radical (unpaired) electrons. The molecule has 1 heterocycles. The van der Waals surface area contributed by atoms with Crippen LogP contribution in [0.25, 0.3) is 0 Å². The number of benzene rings is 1. The van der Waals surface area contributed by atoms with E-state index in [9.17, 15) is 4.79 Å². The quantitative estimate of drug-likeness (QED) is 0.891. The molecule has 6 nitrogen and oxygen atoms in total. The Balaban J connectivity index is 1.82. The smallest absolute Gasteiger partial charge is 0.321 e. The molecule has 0 bridgehead atoms. The Morgan fingerprint density at radius 3 is 2.83 bits per heavy atom. The molecular weight excluding hydrogens is 292 g/mol. The lowest BCUT2D eigenvalue weighted by Crippen LogP contribution is -2.32. The molecule has 1 aromatic carbocycles. The molecule has 6 heteroatoms. The van der Waals surface area contributed by atoms with Crippen LogP contribution in [0.2, 0.25) is 0 Å². The maximum atomic E-state index is 12.2. The fourth-order valence-corrected chi connectivity index (χ4v) is 2.34. The van der Waals surface area contributed by atoms with E-state index in [1.165, 1.54) is 5.56 Å². The normalized spacial score (nSPS) is 10.4. The molecule has 0 unspecified atom stereocenters. The van der Waals surface area contributed by atoms with Crippen LogP contribution in [0.1, 0.15) is 17.5 Å². The summed E-state index contributed by atoms with van der Waals surface area (Å²) in [6.45, 7) is 2.64. The first-order chi connectivity index (χ1) is 11.0. The first-order valence-electron chi connectivity index (χ1n) is 7.64. The van der Waals surface area contributed by atoms with E-state index < -0.39 is 0 Å². The Bertz CT molecular complexity index is 666. The monoisotopic (exact) mass is 316 g/mol. The van der Waals surface area contributed by atoms with Crippen LogP contribution in [0.15, 0.2) is 30.6 Å². The van der Waals surface area contributed by atoms with Crippen molar-refractivity contribution in [3.63, 3.8) is 0 Å². The second kappa shape index (κ2) is 7.67. The SMILES string of the molecule is COc1ccc(NC(=O)N(C)CCCc2cnn(C)c2)c(C)c1. The summed E-state index contributed by atoms with van der Waals surface area (Å²) in [5.41, 5.74) is 2.96. The second-order valence-electron chi connectivity index (χ2n) is 5.66. The Kier molecular flexibility index (Phi) is 5.62. The number of methoxy groups -OCH3 is 1. The summed E-state index contributed by atoms with van der Waals surface area (Å²) >= 11 is 0. The minimum Gasteiger partial charge on any atom is -0.497 e. The zero-order chi connectivity index (χ0) is 16.8. The summed E-state index contributed by atoms with van der Waals surface area (Å²) < 4.78 is 6.96. The van der Waals surface area contributed by atoms with Gasteiger partial charge in [-0.3, -0.25) is 4.68 Å². The van der Waals surface area contributed by atoms with Crippen molar-refractivity contribution in [2.24, 2.45) is 7.05 Å². The molecule has 0 saturated carbocycles. The zero-order valence-electron chi connectivity index (χ0n) is 14.2. The van der Waals surface area contributed by atoms with E-state index in [-0.39, 0.29) is 6.03 Å². The van der Waals surface area contributed by atoms with Gasteiger partial charge in [0.15, 0.2) is 0 Å². The number of ether oxygens (including phenoxy) is 1. The van der Waals surface area contributed by atoms with Gasteiger partial charge in [-0.05, 0) is 49.1 Å². The molecule has 0 saturated heterocycles. The number of anilines is 1. The average molecular weight is 316 g/mol. The van der Waals surface area contributed by atoms with Crippen molar-refractivity contribution in [1.29, 1.82) is 0 Å². The van der Waals surface area contributed by atoms with Gasteiger partial charge in [0.2, 0.25) is 0 Å². The minimum atomic E-state index is -0.107. The molecule has 0 aliphatic carbocycles. The number of aromatic nitrogens is 2. The Labute approximate surface area is 137 Å². The third-order valence-corrected chi connectivity index (χ3v) is 3.74. The van der Waals surface area contributed by atoms with Gasteiger partial charge >= 0.3 is 6.03 Å². The molecule has 1 aromatic heterocycles. The number of hydrogen-bond donors (Lipinski definition) is 1. The van der Waals surface area contributed by atoms with Crippen LogP contribution in [0.3, 0.4) is 0 Å². The van der Waals surface area contributed by atoms with Gasteiger partial charge in [0.25, 0.3) is 0 Å². The third-order valence-electron chi connectivity index (χ3n) is 3.74. The first-order valence-corrected chi connectivity index (χ1v) is 7.64. The van der Waals surface area contributed by atoms with E-state index >= 15 is 0 Å². The lowest BCUT2D eigenvalue weighted by atomic mass is 10.2. The van der Waals surface area contributed by atoms with E-state index in [0.29, 0.717) is 6.54 Å². The summed E-state index contributed by atoms with van der Waals surface area (Å²) in [6, 6.07) is 5.49. The molecule has 0 spiro atoms. The fourth-order valence-electron chi connectivity index (χ4n) is 2.34. The van der Waals surface area contributed by atoms with Crippen molar-refractivity contribution in [2.75, 3.05) is 26.0 Å². The van der Waals surface area contributed by atoms with Gasteiger partial charge in [-0.2, -0.15) is 5.10 Å². The van der Waals surface area contributed by atoms with Crippen molar-refractivity contribution in [3.05, 3.63) is 41.7 Å². The van der Waals surface area contributed by atoms with Crippen LogP contribution in [0, 0.1) is 6.92 Å². The van der Waals surface area contributed by atoms with Crippen molar-refractivity contribution in [2.45, 2.75) is 19.8 Å². The van der Waals surface area contributed by atoms with Gasteiger partial charge < -0.3 is 15.0 Å². The molecule has 2 rings (SSSR count). The van der Waals surface area contributed by atoms with E-state index in [2.05, 4.69) is 10.4 Å². The molecule has 2 aromatic rings. The number of amides is 2. The van der Waals surface area contributed by atoms with Crippen LogP contribution >= 0.6 is 0 Å². The fraction of sp³-hybridized carbons (Fsp3) is 0.412. The molecule has 1 N–H and O–H groups in total. The van der Waals surface area contributed by atoms with E-state index in [0.717, 1.165) is 29.8 Å². The number of carbonyl (C=O) groups excluding carboxylic acids is 1. The summed E-state index contributed by atoms with van der Waals surface area (Å²) in [4.78, 5) is 13.9. The number of rotatable bonds is 6. The van der Waals surface area contributed by atoms with Crippen molar-refractivity contribution >= 4 is 11.7 Å². The molecular formula is C17H24N4O2. The predicted molar refractivity (Wildman–Crippen MR) is 90.9 cm³/mol. The number of aryl methyl sites for hydroxylation is 3. The van der Waals surface area contributed by atoms with Crippen LogP contribution in [0.4, 0.5) is 10.5 Å². The molecule has 23 heavy (non-hydrogen) atoms. The van der Waals surface area contributed by atoms with Gasteiger partial charge in [-0.25, -0.2) is 4.79 Å². The van der Waals surface area contributed by atoms with Gasteiger partial charge in [-0.1, -0.05) is 0 Å². The molecule has 0 aliphatic heterocycles. The zero-order valence-corrected chi connectivity index (χ0v) is 14.2. The highest BCUT2D eigenvalue weighted by Crippen LogP contribution is 2.21. The van der Waals surface area contributed by atoms with E-state index in [1.54, 1.807) is 23.7 Å². The summed E-state index contributed by atoms with van der Waals surface area (Å²) in [7, 11) is 5.33. The van der Waals surface area contributed by atoms with Crippen LogP contribution in [0.5, 0.6) is 5.75 Å². The van der Waals surface area contributed by atoms with Gasteiger partial charge in [-0.15, -0.1) is 0 Å². The highest BCUT2D eigenvalue weighted by molar-refractivity contribution is 5.90. The minimum absolute atomic E-state index is 0.107. The largest absolute Gasteiger partial charge is 0.497 e. The summed E-state index contributed by atoms with van der Waals surface area (Å²) in [5.74, 6) is 0.783. The Hall–Kier alpha value is -2.50. The average Bonchev–Trinajstić information content (AvgIpc) is 2.94. The van der Waals surface area contributed by atoms with Crippen molar-refractivity contribution in [1.82, 2.24) is 14.7 Å². The van der Waals surface area contributed by atoms with Crippen LogP contribution < -0.4 is 10.1 Å². The molecule has 2 amide bonds. The van der Waals surface area contributed by atoms with E-state index in [4.69, 9.17) is 4.74 Å². The third kappa shape index (κ3) is 4.74. The highest BCUT2D eigenvalue weighted by Gasteiger charge is 2.10. The summed E-state index contributed by atoms with van der Waals surface area (Å²) in [5, 5.41) is 7.07. The molecule has 0 aliphatic rings. The van der Waals surface area contributed by atoms with Gasteiger partial charge in [0.1, 0.15) is 5.75 Å². The standard InChI is InChI=1S/C17H24N4O2/c1-13-10-15(23-4)7-8-16(13)19-17(22)20(2)9-5-6-14-11-18-21(3)12-14/h7-8,10-12H,5-6,9H2,1-4H3,(H,19,22).